The van der Waals surface area contributed by atoms with Gasteiger partial charge >= 0.3 is 5.97 Å². The van der Waals surface area contributed by atoms with Gasteiger partial charge in [-0.2, -0.15) is 0 Å². The summed E-state index contributed by atoms with van der Waals surface area (Å²) < 4.78 is 7.41. The van der Waals surface area contributed by atoms with Gasteiger partial charge in [-0.15, -0.1) is 10.2 Å². The second-order valence-corrected chi connectivity index (χ2v) is 7.81. The van der Waals surface area contributed by atoms with Crippen LogP contribution in [0.4, 0.5) is 0 Å². The zero-order valence-electron chi connectivity index (χ0n) is 15.0. The quantitative estimate of drug-likeness (QED) is 0.352. The van der Waals surface area contributed by atoms with Crippen LogP contribution in [0.15, 0.2) is 29.4 Å². The molecule has 140 valence electrons. The van der Waals surface area contributed by atoms with Gasteiger partial charge in [-0.3, -0.25) is 9.36 Å². The number of nitrogens with zero attached hydrogens (tertiary/aromatic N) is 3. The van der Waals surface area contributed by atoms with E-state index in [1.165, 1.54) is 24.6 Å². The third kappa shape index (κ3) is 4.60. The number of thioether (sulfide) groups is 1. The largest absolute Gasteiger partial charge is 0.465 e. The summed E-state index contributed by atoms with van der Waals surface area (Å²) >= 11 is 7.78. The van der Waals surface area contributed by atoms with Crippen molar-refractivity contribution in [1.29, 1.82) is 0 Å². The summed E-state index contributed by atoms with van der Waals surface area (Å²) in [6.07, 6.45) is 6.51. The molecule has 0 amide bonds. The van der Waals surface area contributed by atoms with Crippen molar-refractivity contribution in [3.8, 4) is 11.4 Å². The number of ether oxygens (including phenoxy) is 1. The van der Waals surface area contributed by atoms with Gasteiger partial charge in [0.25, 0.3) is 0 Å². The topological polar surface area (TPSA) is 57.0 Å². The highest BCUT2D eigenvalue weighted by Crippen LogP contribution is 2.38. The molecule has 0 bridgehead atoms. The van der Waals surface area contributed by atoms with Crippen LogP contribution in [0.3, 0.4) is 0 Å². The first-order valence-electron chi connectivity index (χ1n) is 9.19. The summed E-state index contributed by atoms with van der Waals surface area (Å²) in [4.78, 5) is 11.9. The first-order valence-corrected chi connectivity index (χ1v) is 10.5. The second kappa shape index (κ2) is 9.42. The molecule has 2 aromatic rings. The van der Waals surface area contributed by atoms with Crippen LogP contribution in [0.5, 0.6) is 0 Å². The molecule has 1 aromatic carbocycles. The van der Waals surface area contributed by atoms with Crippen molar-refractivity contribution in [2.75, 3.05) is 12.4 Å². The van der Waals surface area contributed by atoms with Crippen molar-refractivity contribution in [1.82, 2.24) is 14.8 Å². The van der Waals surface area contributed by atoms with Crippen LogP contribution in [0.25, 0.3) is 11.4 Å². The lowest BCUT2D eigenvalue weighted by atomic mass is 10.2. The minimum Gasteiger partial charge on any atom is -0.465 e. The van der Waals surface area contributed by atoms with Gasteiger partial charge in [-0.1, -0.05) is 61.7 Å². The van der Waals surface area contributed by atoms with E-state index in [-0.39, 0.29) is 11.7 Å². The van der Waals surface area contributed by atoms with Gasteiger partial charge in [0.15, 0.2) is 11.0 Å². The molecule has 0 N–H and O–H groups in total. The zero-order valence-corrected chi connectivity index (χ0v) is 16.6. The fraction of sp³-hybridized carbons (Fsp3) is 0.526. The van der Waals surface area contributed by atoms with Crippen molar-refractivity contribution in [3.05, 3.63) is 29.3 Å². The van der Waals surface area contributed by atoms with Gasteiger partial charge in [0.2, 0.25) is 0 Å². The Hall–Kier alpha value is -1.53. The minimum absolute atomic E-state index is 0.205. The van der Waals surface area contributed by atoms with Gasteiger partial charge in [-0.05, 0) is 31.4 Å². The number of hydrogen-bond acceptors (Lipinski definition) is 5. The number of halogens is 1. The molecule has 0 aliphatic heterocycles. The highest BCUT2D eigenvalue weighted by molar-refractivity contribution is 7.99. The number of carbonyl (C=O) groups excluding carboxylic acids is 1. The maximum Gasteiger partial charge on any atom is 0.316 e. The predicted octanol–water partition coefficient (Wildman–Crippen LogP) is 5.15. The van der Waals surface area contributed by atoms with Gasteiger partial charge in [0.05, 0.1) is 17.4 Å². The average Bonchev–Trinajstić information content (AvgIpc) is 3.30. The van der Waals surface area contributed by atoms with E-state index in [9.17, 15) is 4.79 Å². The molecule has 1 aromatic heterocycles. The fourth-order valence-corrected chi connectivity index (χ4v) is 4.21. The minimum atomic E-state index is -0.205. The van der Waals surface area contributed by atoms with Gasteiger partial charge in [-0.25, -0.2) is 0 Å². The Morgan fingerprint density at radius 1 is 1.31 bits per heavy atom. The molecule has 5 nitrogen and oxygen atoms in total. The Kier molecular flexibility index (Phi) is 6.97. The van der Waals surface area contributed by atoms with Crippen LogP contribution in [0.2, 0.25) is 5.02 Å². The van der Waals surface area contributed by atoms with Crippen LogP contribution >= 0.6 is 23.4 Å². The number of rotatable bonds is 8. The second-order valence-electron chi connectivity index (χ2n) is 6.46. The first-order chi connectivity index (χ1) is 12.7. The Bertz CT molecular complexity index is 744. The normalized spacial score (nSPS) is 14.7. The third-order valence-electron chi connectivity index (χ3n) is 4.55. The maximum atomic E-state index is 11.9. The molecule has 3 rings (SSSR count). The van der Waals surface area contributed by atoms with E-state index in [0.29, 0.717) is 17.7 Å². The lowest BCUT2D eigenvalue weighted by Gasteiger charge is -2.17. The van der Waals surface area contributed by atoms with E-state index >= 15 is 0 Å². The number of benzene rings is 1. The smallest absolute Gasteiger partial charge is 0.316 e. The monoisotopic (exact) mass is 393 g/mol. The highest BCUT2D eigenvalue weighted by Gasteiger charge is 2.26. The molecule has 1 fully saturated rings. The van der Waals surface area contributed by atoms with E-state index < -0.39 is 0 Å². The fourth-order valence-electron chi connectivity index (χ4n) is 3.19. The summed E-state index contributed by atoms with van der Waals surface area (Å²) in [6, 6.07) is 8.04. The molecule has 0 saturated heterocycles. The van der Waals surface area contributed by atoms with Crippen LogP contribution in [-0.2, 0) is 9.53 Å². The average molecular weight is 394 g/mol. The molecular weight excluding hydrogens is 370 g/mol. The molecule has 0 atom stereocenters. The molecule has 1 heterocycles. The molecule has 1 saturated carbocycles. The maximum absolute atomic E-state index is 11.9. The number of hydrogen-bond donors (Lipinski definition) is 0. The molecule has 1 aliphatic rings. The summed E-state index contributed by atoms with van der Waals surface area (Å²) in [7, 11) is 0. The van der Waals surface area contributed by atoms with Crippen LogP contribution < -0.4 is 0 Å². The molecule has 26 heavy (non-hydrogen) atoms. The molecule has 0 radical (unpaired) electrons. The Balaban J connectivity index is 1.79. The van der Waals surface area contributed by atoms with E-state index in [1.54, 1.807) is 0 Å². The SMILES string of the molecule is CCCCOC(=O)CSc1nnc(-c2ccccc2Cl)n1C1CCCC1. The van der Waals surface area contributed by atoms with E-state index in [2.05, 4.69) is 21.7 Å². The summed E-state index contributed by atoms with van der Waals surface area (Å²) in [6.45, 7) is 2.55. The van der Waals surface area contributed by atoms with Crippen molar-refractivity contribution in [2.24, 2.45) is 0 Å². The van der Waals surface area contributed by atoms with E-state index in [0.717, 1.165) is 42.2 Å². The third-order valence-corrected chi connectivity index (χ3v) is 5.80. The molecule has 0 unspecified atom stereocenters. The molecule has 1 aliphatic carbocycles. The summed E-state index contributed by atoms with van der Waals surface area (Å²) in [5.41, 5.74) is 0.880. The highest BCUT2D eigenvalue weighted by atomic mass is 35.5. The van der Waals surface area contributed by atoms with Crippen LogP contribution in [0.1, 0.15) is 51.5 Å². The van der Waals surface area contributed by atoms with Gasteiger partial charge in [0.1, 0.15) is 0 Å². The molecule has 0 spiro atoms. The number of aromatic nitrogens is 3. The summed E-state index contributed by atoms with van der Waals surface area (Å²) in [5.74, 6) is 0.824. The Morgan fingerprint density at radius 3 is 2.81 bits per heavy atom. The van der Waals surface area contributed by atoms with Gasteiger partial charge < -0.3 is 4.74 Å². The van der Waals surface area contributed by atoms with Crippen molar-refractivity contribution in [2.45, 2.75) is 56.6 Å². The number of carbonyl (C=O) groups is 1. The van der Waals surface area contributed by atoms with E-state index in [4.69, 9.17) is 16.3 Å². The lowest BCUT2D eigenvalue weighted by Crippen LogP contribution is -2.11. The Morgan fingerprint density at radius 2 is 2.08 bits per heavy atom. The van der Waals surface area contributed by atoms with Crippen LogP contribution in [0, 0.1) is 0 Å². The van der Waals surface area contributed by atoms with Crippen molar-refractivity contribution in [3.63, 3.8) is 0 Å². The predicted molar refractivity (Wildman–Crippen MR) is 105 cm³/mol. The first kappa shape index (κ1) is 19.2. The van der Waals surface area contributed by atoms with Crippen molar-refractivity contribution < 1.29 is 9.53 Å². The molecular formula is C19H24ClN3O2S. The van der Waals surface area contributed by atoms with Crippen molar-refractivity contribution >= 4 is 29.3 Å². The Labute approximate surface area is 163 Å². The number of unbranched alkanes of at least 4 members (excludes halogenated alkanes) is 1. The standard InChI is InChI=1S/C19H24ClN3O2S/c1-2-3-12-25-17(24)13-26-19-22-21-18(15-10-6-7-11-16(15)20)23(19)14-8-4-5-9-14/h6-7,10-11,14H,2-5,8-9,12-13H2,1H3. The van der Waals surface area contributed by atoms with Gasteiger partial charge in [0, 0.05) is 11.6 Å². The summed E-state index contributed by atoms with van der Waals surface area (Å²) in [5, 5.41) is 10.2. The van der Waals surface area contributed by atoms with E-state index in [1.807, 2.05) is 24.3 Å². The molecule has 7 heteroatoms. The zero-order chi connectivity index (χ0) is 18.4. The van der Waals surface area contributed by atoms with Crippen LogP contribution in [-0.4, -0.2) is 33.1 Å². The lowest BCUT2D eigenvalue weighted by molar-refractivity contribution is -0.140. The number of esters is 1.